The van der Waals surface area contributed by atoms with Crippen LogP contribution in [0.5, 0.6) is 0 Å². The van der Waals surface area contributed by atoms with Crippen molar-refractivity contribution < 1.29 is 4.39 Å². The number of aromatic nitrogens is 3. The average Bonchev–Trinajstić information content (AvgIpc) is 2.54. The van der Waals surface area contributed by atoms with Gasteiger partial charge in [0, 0.05) is 22.5 Å². The van der Waals surface area contributed by atoms with Gasteiger partial charge in [0.2, 0.25) is 5.62 Å². The largest absolute Gasteiger partial charge is 0.384 e. The molecule has 2 aromatic heterocycles. The molecule has 3 rings (SSSR count). The van der Waals surface area contributed by atoms with E-state index < -0.39 is 0 Å². The van der Waals surface area contributed by atoms with Crippen molar-refractivity contribution in [3.05, 3.63) is 59.2 Å². The molecule has 0 amide bonds. The Labute approximate surface area is 143 Å². The molecule has 6 nitrogen and oxygen atoms in total. The minimum Gasteiger partial charge on any atom is -0.384 e. The van der Waals surface area contributed by atoms with E-state index in [1.165, 1.54) is 16.7 Å². The summed E-state index contributed by atoms with van der Waals surface area (Å²) in [5, 5.41) is 15.5. The summed E-state index contributed by atoms with van der Waals surface area (Å²) in [5.41, 5.74) is 10.2. The third-order valence-corrected chi connectivity index (χ3v) is 3.82. The maximum Gasteiger partial charge on any atom is 0.229 e. The fourth-order valence-corrected chi connectivity index (χ4v) is 2.78. The second-order valence-electron chi connectivity index (χ2n) is 5.69. The number of benzene rings is 1. The second-order valence-corrected chi connectivity index (χ2v) is 5.69. The number of nitrogens with one attached hydrogen (secondary N) is 2. The van der Waals surface area contributed by atoms with E-state index in [-0.39, 0.29) is 17.3 Å². The van der Waals surface area contributed by atoms with Gasteiger partial charge in [-0.25, -0.2) is 9.37 Å². The third-order valence-electron chi connectivity index (χ3n) is 3.82. The zero-order chi connectivity index (χ0) is 18.1. The Morgan fingerprint density at radius 2 is 1.64 bits per heavy atom. The number of hydrogen-bond donors (Lipinski definition) is 3. The smallest absolute Gasteiger partial charge is 0.229 e. The highest BCUT2D eigenvalue weighted by Crippen LogP contribution is 2.34. The van der Waals surface area contributed by atoms with E-state index in [4.69, 9.17) is 16.6 Å². The van der Waals surface area contributed by atoms with Crippen LogP contribution in [-0.4, -0.2) is 20.9 Å². The Hall–Kier alpha value is -3.35. The van der Waals surface area contributed by atoms with Gasteiger partial charge in [-0.3, -0.25) is 20.4 Å². The van der Waals surface area contributed by atoms with E-state index >= 15 is 0 Å². The van der Waals surface area contributed by atoms with Crippen molar-refractivity contribution in [2.75, 3.05) is 5.73 Å². The van der Waals surface area contributed by atoms with E-state index in [1.807, 2.05) is 26.0 Å². The van der Waals surface area contributed by atoms with Gasteiger partial charge in [-0.2, -0.15) is 0 Å². The molecule has 126 valence electrons. The van der Waals surface area contributed by atoms with Crippen LogP contribution in [0.15, 0.2) is 36.4 Å². The van der Waals surface area contributed by atoms with Crippen molar-refractivity contribution in [1.29, 1.82) is 10.8 Å². The standard InChI is InChI=1S/C18H17FN6/c1-10-7-13(8-11(2)23-10)15-16(12-3-5-14(19)6-4-12)24-18(22)25(9-20)17(15)21/h3-9,20,22H,21H2,1-2H3. The molecule has 25 heavy (non-hydrogen) atoms. The Morgan fingerprint density at radius 1 is 1.04 bits per heavy atom. The number of nitrogen functional groups attached to an aromatic ring is 1. The molecule has 3 aromatic rings. The van der Waals surface area contributed by atoms with E-state index in [2.05, 4.69) is 9.97 Å². The second kappa shape index (κ2) is 6.27. The zero-order valence-corrected chi connectivity index (χ0v) is 13.8. The van der Waals surface area contributed by atoms with Crippen molar-refractivity contribution in [1.82, 2.24) is 14.5 Å². The molecule has 2 heterocycles. The van der Waals surface area contributed by atoms with Crippen LogP contribution in [0.3, 0.4) is 0 Å². The Morgan fingerprint density at radius 3 is 2.20 bits per heavy atom. The van der Waals surface area contributed by atoms with Crippen molar-refractivity contribution in [3.63, 3.8) is 0 Å². The molecule has 0 unspecified atom stereocenters. The lowest BCUT2D eigenvalue weighted by atomic mass is 9.99. The van der Waals surface area contributed by atoms with Gasteiger partial charge in [0.15, 0.2) is 0 Å². The third kappa shape index (κ3) is 3.03. The number of pyridine rings is 1. The predicted octanol–water partition coefficient (Wildman–Crippen LogP) is 2.88. The average molecular weight is 336 g/mol. The maximum absolute atomic E-state index is 13.3. The lowest BCUT2D eigenvalue weighted by Gasteiger charge is -2.16. The lowest BCUT2D eigenvalue weighted by Crippen LogP contribution is -2.26. The van der Waals surface area contributed by atoms with Gasteiger partial charge in [-0.15, -0.1) is 0 Å². The number of hydrogen-bond acceptors (Lipinski definition) is 5. The van der Waals surface area contributed by atoms with Gasteiger partial charge >= 0.3 is 0 Å². The first kappa shape index (κ1) is 16.5. The molecule has 0 aliphatic rings. The minimum absolute atomic E-state index is 0.168. The van der Waals surface area contributed by atoms with Gasteiger partial charge in [0.25, 0.3) is 0 Å². The van der Waals surface area contributed by atoms with Crippen LogP contribution in [0.4, 0.5) is 10.2 Å². The topological polar surface area (TPSA) is 104 Å². The van der Waals surface area contributed by atoms with Crippen LogP contribution in [0.25, 0.3) is 22.4 Å². The fraction of sp³-hybridized carbons (Fsp3) is 0.111. The quantitative estimate of drug-likeness (QED) is 0.506. The van der Waals surface area contributed by atoms with E-state index in [9.17, 15) is 4.39 Å². The molecular formula is C18H17FN6. The number of halogens is 1. The molecule has 7 heteroatoms. The first-order chi connectivity index (χ1) is 11.9. The summed E-state index contributed by atoms with van der Waals surface area (Å²) in [6.45, 7) is 3.75. The molecule has 0 saturated carbocycles. The normalized spacial score (nSPS) is 10.7. The molecular weight excluding hydrogens is 319 g/mol. The van der Waals surface area contributed by atoms with Crippen LogP contribution in [0.2, 0.25) is 0 Å². The molecule has 0 aliphatic carbocycles. The summed E-state index contributed by atoms with van der Waals surface area (Å²) in [5.74, 6) is -0.134. The first-order valence-electron chi connectivity index (χ1n) is 7.59. The van der Waals surface area contributed by atoms with E-state index in [0.717, 1.165) is 23.3 Å². The molecule has 0 spiro atoms. The number of anilines is 1. The number of nitrogens with zero attached hydrogens (tertiary/aromatic N) is 3. The molecule has 1 aromatic carbocycles. The molecule has 0 radical (unpaired) electrons. The number of rotatable bonds is 3. The highest BCUT2D eigenvalue weighted by Gasteiger charge is 2.17. The summed E-state index contributed by atoms with van der Waals surface area (Å²) in [7, 11) is 0. The van der Waals surface area contributed by atoms with Crippen LogP contribution >= 0.6 is 0 Å². The van der Waals surface area contributed by atoms with Crippen molar-refractivity contribution in [2.45, 2.75) is 13.8 Å². The van der Waals surface area contributed by atoms with Gasteiger partial charge < -0.3 is 5.73 Å². The minimum atomic E-state index is -0.356. The van der Waals surface area contributed by atoms with E-state index in [0.29, 0.717) is 16.8 Å². The summed E-state index contributed by atoms with van der Waals surface area (Å²) in [6.07, 6.45) is 0.948. The molecule has 0 aliphatic heterocycles. The van der Waals surface area contributed by atoms with Gasteiger partial charge in [0.1, 0.15) is 11.6 Å². The maximum atomic E-state index is 13.3. The van der Waals surface area contributed by atoms with Gasteiger partial charge in [0.05, 0.1) is 12.0 Å². The first-order valence-corrected chi connectivity index (χ1v) is 7.59. The Kier molecular flexibility index (Phi) is 4.14. The fourth-order valence-electron chi connectivity index (χ4n) is 2.78. The van der Waals surface area contributed by atoms with Crippen LogP contribution < -0.4 is 11.4 Å². The predicted molar refractivity (Wildman–Crippen MR) is 94.8 cm³/mol. The molecule has 0 bridgehead atoms. The summed E-state index contributed by atoms with van der Waals surface area (Å²) in [6, 6.07) is 9.59. The lowest BCUT2D eigenvalue weighted by molar-refractivity contribution is 0.628. The Bertz CT molecular complexity index is 1000. The van der Waals surface area contributed by atoms with Crippen LogP contribution in [0.1, 0.15) is 11.4 Å². The number of nitrogens with two attached hydrogens (primary N) is 1. The SMILES string of the molecule is Cc1cc(-c2c(-c3ccc(F)cc3)nc(=N)n(C=N)c2N)cc(C)n1. The van der Waals surface area contributed by atoms with Crippen molar-refractivity contribution in [2.24, 2.45) is 0 Å². The summed E-state index contributed by atoms with van der Waals surface area (Å²) < 4.78 is 14.5. The molecule has 4 N–H and O–H groups in total. The monoisotopic (exact) mass is 336 g/mol. The summed E-state index contributed by atoms with van der Waals surface area (Å²) in [4.78, 5) is 8.66. The molecule has 0 saturated heterocycles. The Balaban J connectivity index is 2.40. The van der Waals surface area contributed by atoms with Crippen molar-refractivity contribution >= 4 is 12.2 Å². The highest BCUT2D eigenvalue weighted by atomic mass is 19.1. The molecule has 0 atom stereocenters. The molecule has 0 fully saturated rings. The van der Waals surface area contributed by atoms with Gasteiger partial charge in [-0.1, -0.05) is 0 Å². The van der Waals surface area contributed by atoms with Gasteiger partial charge in [-0.05, 0) is 55.8 Å². The van der Waals surface area contributed by atoms with E-state index in [1.54, 1.807) is 12.1 Å². The van der Waals surface area contributed by atoms with Crippen molar-refractivity contribution in [3.8, 4) is 22.4 Å². The summed E-state index contributed by atoms with van der Waals surface area (Å²) >= 11 is 0. The van der Waals surface area contributed by atoms with Crippen LogP contribution in [-0.2, 0) is 0 Å². The number of aryl methyl sites for hydroxylation is 2. The zero-order valence-electron chi connectivity index (χ0n) is 13.8. The highest BCUT2D eigenvalue weighted by molar-refractivity contribution is 5.89. The van der Waals surface area contributed by atoms with Crippen LogP contribution in [0, 0.1) is 30.5 Å².